The number of nitrogens with zero attached hydrogens (tertiary/aromatic N) is 2. The zero-order valence-corrected chi connectivity index (χ0v) is 41.0. The molecule has 346 valence electrons. The highest BCUT2D eigenvalue weighted by molar-refractivity contribution is 7.91. The molecule has 0 aliphatic carbocycles. The predicted octanol–water partition coefficient (Wildman–Crippen LogP) is 11.9. The molecule has 0 aromatic heterocycles. The number of hydrogen-bond acceptors (Lipinski definition) is 5. The van der Waals surface area contributed by atoms with Crippen LogP contribution in [-0.2, 0) is 11.2 Å². The lowest BCUT2D eigenvalue weighted by Crippen LogP contribution is -2.35. The van der Waals surface area contributed by atoms with Gasteiger partial charge in [-0.25, -0.2) is 0 Å². The molecule has 0 aliphatic heterocycles. The summed E-state index contributed by atoms with van der Waals surface area (Å²) in [7, 11) is 13.8. The van der Waals surface area contributed by atoms with Crippen LogP contribution in [0.4, 0.5) is 0 Å². The number of unbranched alkanes of at least 4 members (excludes halogenated alkanes) is 26. The van der Waals surface area contributed by atoms with Crippen LogP contribution in [0.25, 0.3) is 0 Å². The van der Waals surface area contributed by atoms with Crippen molar-refractivity contribution in [2.75, 3.05) is 55.4 Å². The molecule has 2 aromatic rings. The fourth-order valence-corrected chi connectivity index (χ4v) is 8.62. The SMILES string of the molecule is CCCCCCCCCCCCCCCC[N+](C)(C)C.CCCCCCCCCCCCCCCC[N+](C)(C)C.O=C([O-])c1ccccc1[S+]([O-])c1ccccc1C(=O)[O-]. The van der Waals surface area contributed by atoms with Crippen LogP contribution >= 0.6 is 0 Å². The number of hydrogen-bond donors (Lipinski definition) is 0. The predicted molar refractivity (Wildman–Crippen MR) is 253 cm³/mol. The molecule has 0 fully saturated rings. The molecule has 0 aliphatic rings. The van der Waals surface area contributed by atoms with Crippen LogP contribution in [0.1, 0.15) is 214 Å². The van der Waals surface area contributed by atoms with Crippen molar-refractivity contribution < 1.29 is 33.3 Å². The van der Waals surface area contributed by atoms with Crippen molar-refractivity contribution in [2.24, 2.45) is 0 Å². The molecule has 0 radical (unpaired) electrons. The van der Waals surface area contributed by atoms with Gasteiger partial charge in [-0.2, -0.15) is 0 Å². The number of rotatable bonds is 34. The van der Waals surface area contributed by atoms with E-state index in [2.05, 4.69) is 56.1 Å². The third-order valence-electron chi connectivity index (χ3n) is 11.0. The van der Waals surface area contributed by atoms with Gasteiger partial charge in [-0.1, -0.05) is 192 Å². The van der Waals surface area contributed by atoms with E-state index >= 15 is 0 Å². The molecule has 0 saturated carbocycles. The van der Waals surface area contributed by atoms with Gasteiger partial charge in [0.1, 0.15) is 0 Å². The first-order valence-electron chi connectivity index (χ1n) is 24.3. The van der Waals surface area contributed by atoms with E-state index < -0.39 is 23.1 Å². The third-order valence-corrected chi connectivity index (χ3v) is 12.5. The van der Waals surface area contributed by atoms with Crippen LogP contribution in [0.3, 0.4) is 0 Å². The summed E-state index contributed by atoms with van der Waals surface area (Å²) >= 11 is -1.95. The van der Waals surface area contributed by atoms with E-state index in [1.54, 1.807) is 0 Å². The quantitative estimate of drug-likeness (QED) is 0.0396. The van der Waals surface area contributed by atoms with Gasteiger partial charge < -0.3 is 33.3 Å². The van der Waals surface area contributed by atoms with Gasteiger partial charge >= 0.3 is 0 Å². The molecule has 0 saturated heterocycles. The number of carbonyl (C=O) groups excluding carboxylic acids is 2. The molecular weight excluding hydrogens is 765 g/mol. The molecule has 0 atom stereocenters. The van der Waals surface area contributed by atoms with E-state index in [1.807, 2.05) is 0 Å². The second-order valence-corrected chi connectivity index (χ2v) is 20.5. The van der Waals surface area contributed by atoms with Gasteiger partial charge in [-0.15, -0.1) is 0 Å². The highest BCUT2D eigenvalue weighted by Crippen LogP contribution is 2.26. The average molecular weight is 857 g/mol. The summed E-state index contributed by atoms with van der Waals surface area (Å²) < 4.78 is 14.7. The van der Waals surface area contributed by atoms with Crippen molar-refractivity contribution in [3.8, 4) is 0 Å². The van der Waals surface area contributed by atoms with Gasteiger partial charge in [0.2, 0.25) is 0 Å². The Morgan fingerprint density at radius 3 is 0.833 bits per heavy atom. The molecule has 2 aromatic carbocycles. The van der Waals surface area contributed by atoms with E-state index in [0.717, 1.165) is 8.97 Å². The summed E-state index contributed by atoms with van der Waals surface area (Å²) in [5.41, 5.74) is -0.474. The Bertz CT molecular complexity index is 1220. The molecule has 0 heterocycles. The van der Waals surface area contributed by atoms with Gasteiger partial charge in [0.05, 0.1) is 78.4 Å². The lowest BCUT2D eigenvalue weighted by atomic mass is 10.0. The van der Waals surface area contributed by atoms with Gasteiger partial charge in [-0.3, -0.25) is 0 Å². The van der Waals surface area contributed by atoms with E-state index in [1.165, 1.54) is 241 Å². The minimum absolute atomic E-state index is 0.0128. The largest absolute Gasteiger partial charge is 0.606 e. The third kappa shape index (κ3) is 34.2. The minimum Gasteiger partial charge on any atom is -0.606 e. The molecule has 0 spiro atoms. The van der Waals surface area contributed by atoms with Gasteiger partial charge in [-0.05, 0) is 49.9 Å². The van der Waals surface area contributed by atoms with Crippen LogP contribution in [0.15, 0.2) is 58.3 Å². The molecule has 0 amide bonds. The van der Waals surface area contributed by atoms with E-state index in [9.17, 15) is 24.4 Å². The second kappa shape index (κ2) is 37.2. The maximum absolute atomic E-state index is 12.4. The maximum atomic E-state index is 12.4. The zero-order valence-electron chi connectivity index (χ0n) is 40.2. The van der Waals surface area contributed by atoms with Crippen LogP contribution in [0.2, 0.25) is 0 Å². The molecule has 0 unspecified atom stereocenters. The van der Waals surface area contributed by atoms with Crippen molar-refractivity contribution in [3.05, 3.63) is 59.7 Å². The smallest absolute Gasteiger partial charge is 0.167 e. The van der Waals surface area contributed by atoms with Crippen LogP contribution in [0.5, 0.6) is 0 Å². The fourth-order valence-electron chi connectivity index (χ4n) is 7.27. The average Bonchev–Trinajstić information content (AvgIpc) is 3.20. The van der Waals surface area contributed by atoms with Crippen LogP contribution < -0.4 is 10.2 Å². The number of quaternary nitrogens is 2. The molecule has 0 bridgehead atoms. The van der Waals surface area contributed by atoms with E-state index in [0.29, 0.717) is 0 Å². The number of carbonyl (C=O) groups is 2. The van der Waals surface area contributed by atoms with Crippen LogP contribution in [0, 0.1) is 0 Å². The Morgan fingerprint density at radius 2 is 0.617 bits per heavy atom. The van der Waals surface area contributed by atoms with Gasteiger partial charge in [0, 0.05) is 11.2 Å². The van der Waals surface area contributed by atoms with E-state index in [4.69, 9.17) is 0 Å². The Hall–Kier alpha value is -2.39. The zero-order chi connectivity index (χ0) is 44.9. The van der Waals surface area contributed by atoms with E-state index in [-0.39, 0.29) is 20.9 Å². The minimum atomic E-state index is -1.95. The number of carboxylic acids is 2. The fraction of sp³-hybridized carbons (Fsp3) is 0.731. The highest BCUT2D eigenvalue weighted by atomic mass is 32.2. The van der Waals surface area contributed by atoms with Crippen molar-refractivity contribution >= 4 is 23.1 Å². The van der Waals surface area contributed by atoms with Gasteiger partial charge in [0.15, 0.2) is 9.79 Å². The second-order valence-electron chi connectivity index (χ2n) is 19.1. The molecule has 8 heteroatoms. The topological polar surface area (TPSA) is 103 Å². The summed E-state index contributed by atoms with van der Waals surface area (Å²) in [5, 5.41) is 22.0. The Kier molecular flexibility index (Phi) is 35.7. The molecule has 0 N–H and O–H groups in total. The summed E-state index contributed by atoms with van der Waals surface area (Å²) in [4.78, 5) is 22.0. The number of carboxylic acid groups (broad SMARTS) is 2. The standard InChI is InChI=1S/2C19H42N.C14H10O5S/c2*1-5-6-7-8-9-10-11-12-13-14-15-16-17-18-19-20(2,3)4;15-13(16)9-5-1-3-7-11(9)20(19)12-8-4-2-6-10(12)14(17)18/h2*5-19H2,1-4H3;1-8H,(H,15,16)(H,17,18)/q2*+1;/p-2. The molecular formula is C52H92N2O5S. The summed E-state index contributed by atoms with van der Waals surface area (Å²) in [5.74, 6) is -2.94. The summed E-state index contributed by atoms with van der Waals surface area (Å²) in [6.45, 7) is 7.25. The van der Waals surface area contributed by atoms with Crippen LogP contribution in [-0.4, -0.2) is 80.8 Å². The first kappa shape index (κ1) is 57.6. The first-order chi connectivity index (χ1) is 28.6. The lowest BCUT2D eigenvalue weighted by Gasteiger charge is -2.23. The summed E-state index contributed by atoms with van der Waals surface area (Å²) in [6, 6.07) is 11.2. The van der Waals surface area contributed by atoms with Gasteiger partial charge in [0.25, 0.3) is 0 Å². The highest BCUT2D eigenvalue weighted by Gasteiger charge is 2.22. The van der Waals surface area contributed by atoms with Crippen molar-refractivity contribution in [2.45, 2.75) is 203 Å². The Labute approximate surface area is 373 Å². The normalized spacial score (nSPS) is 11.5. The molecule has 2 rings (SSSR count). The Balaban J connectivity index is 0.000000870. The Morgan fingerprint density at radius 1 is 0.400 bits per heavy atom. The summed E-state index contributed by atoms with van der Waals surface area (Å²) in [6.07, 6.45) is 40.7. The number of aromatic carboxylic acids is 2. The van der Waals surface area contributed by atoms with Crippen molar-refractivity contribution in [1.29, 1.82) is 0 Å². The molecule has 7 nitrogen and oxygen atoms in total. The first-order valence-corrected chi connectivity index (χ1v) is 25.4. The number of benzene rings is 2. The maximum Gasteiger partial charge on any atom is 0.167 e. The molecule has 60 heavy (non-hydrogen) atoms. The van der Waals surface area contributed by atoms with Crippen molar-refractivity contribution in [3.63, 3.8) is 0 Å². The monoisotopic (exact) mass is 857 g/mol. The lowest BCUT2D eigenvalue weighted by molar-refractivity contribution is -0.870. The van der Waals surface area contributed by atoms with Crippen molar-refractivity contribution in [1.82, 2.24) is 0 Å².